The predicted octanol–water partition coefficient (Wildman–Crippen LogP) is 4.60. The van der Waals surface area contributed by atoms with Gasteiger partial charge in [-0.2, -0.15) is 0 Å². The van der Waals surface area contributed by atoms with Crippen LogP contribution in [0.25, 0.3) is 0 Å². The zero-order valence-corrected chi connectivity index (χ0v) is 15.2. The van der Waals surface area contributed by atoms with Gasteiger partial charge in [0.2, 0.25) is 0 Å². The number of hydrogen-bond acceptors (Lipinski definition) is 4. The Morgan fingerprint density at radius 1 is 0.727 bits per heavy atom. The molecule has 0 atom stereocenters. The first-order valence-electron chi connectivity index (χ1n) is 9.06. The van der Waals surface area contributed by atoms with Gasteiger partial charge in [0.1, 0.15) is 0 Å². The van der Waals surface area contributed by atoms with Crippen LogP contribution in [-0.2, 0) is 14.2 Å². The summed E-state index contributed by atoms with van der Waals surface area (Å²) in [5, 5.41) is 3.20. The van der Waals surface area contributed by atoms with E-state index in [-0.39, 0.29) is 0 Å². The fourth-order valence-electron chi connectivity index (χ4n) is 2.28. The first kappa shape index (κ1) is 21.6. The molecule has 22 heavy (non-hydrogen) atoms. The van der Waals surface area contributed by atoms with Crippen molar-refractivity contribution in [2.45, 2.75) is 78.7 Å². The minimum atomic E-state index is -1.11. The molecule has 0 heterocycles. The van der Waals surface area contributed by atoms with Gasteiger partial charge in [0.05, 0.1) is 19.8 Å². The smallest absolute Gasteiger partial charge is 0.314 e. The quantitative estimate of drug-likeness (QED) is 0.257. The number of allylic oxidation sites excluding steroid dienone is 1. The molecule has 132 valence electrons. The molecular weight excluding hydrogens is 278 g/mol. The number of rotatable bonds is 16. The van der Waals surface area contributed by atoms with E-state index in [0.29, 0.717) is 26.4 Å². The van der Waals surface area contributed by atoms with Gasteiger partial charge in [-0.3, -0.25) is 0 Å². The van der Waals surface area contributed by atoms with Crippen molar-refractivity contribution in [2.75, 3.05) is 26.4 Å². The van der Waals surface area contributed by atoms with Gasteiger partial charge in [0.25, 0.3) is 0 Å². The van der Waals surface area contributed by atoms with Gasteiger partial charge in [0.15, 0.2) is 0 Å². The van der Waals surface area contributed by atoms with Gasteiger partial charge in [-0.15, -0.1) is 0 Å². The zero-order valence-electron chi connectivity index (χ0n) is 15.2. The molecule has 0 aliphatic carbocycles. The second kappa shape index (κ2) is 15.5. The van der Waals surface area contributed by atoms with Gasteiger partial charge in [-0.25, -0.2) is 5.32 Å². The maximum absolute atomic E-state index is 5.60. The van der Waals surface area contributed by atoms with E-state index in [1.807, 2.05) is 20.8 Å². The molecule has 0 rings (SSSR count). The van der Waals surface area contributed by atoms with E-state index in [0.717, 1.165) is 6.42 Å². The lowest BCUT2D eigenvalue weighted by atomic mass is 10.1. The van der Waals surface area contributed by atoms with E-state index in [4.69, 9.17) is 14.2 Å². The van der Waals surface area contributed by atoms with E-state index in [1.54, 1.807) is 0 Å². The second-order valence-corrected chi connectivity index (χ2v) is 5.26. The Bertz CT molecular complexity index is 240. The molecule has 0 aromatic carbocycles. The molecule has 0 aliphatic heterocycles. The number of unbranched alkanes of at least 4 members (excludes halogenated alkanes) is 6. The summed E-state index contributed by atoms with van der Waals surface area (Å²) in [5.74, 6) is 0. The summed E-state index contributed by atoms with van der Waals surface area (Å²) in [6, 6.07) is 0. The minimum Gasteiger partial charge on any atom is -0.314 e. The fraction of sp³-hybridized carbons (Fsp3) is 0.889. The summed E-state index contributed by atoms with van der Waals surface area (Å²) in [4.78, 5) is 0. The van der Waals surface area contributed by atoms with E-state index in [2.05, 4.69) is 24.4 Å². The van der Waals surface area contributed by atoms with E-state index in [1.165, 1.54) is 38.5 Å². The van der Waals surface area contributed by atoms with Gasteiger partial charge in [-0.05, 0) is 33.6 Å². The maximum atomic E-state index is 5.60. The highest BCUT2D eigenvalue weighted by Gasteiger charge is 2.31. The summed E-state index contributed by atoms with van der Waals surface area (Å²) in [6.45, 7) is 10.3. The highest BCUT2D eigenvalue weighted by atomic mass is 16.9. The Morgan fingerprint density at radius 3 is 1.82 bits per heavy atom. The molecule has 0 amide bonds. The van der Waals surface area contributed by atoms with Crippen LogP contribution in [0.1, 0.15) is 72.6 Å². The standard InChI is InChI=1S/C18H37NO3/c1-5-9-10-11-12-13-14-15-16-17-19-18(20-6-2,21-7-3)22-8-4/h15-16,19H,5-14,17H2,1-4H3. The highest BCUT2D eigenvalue weighted by molar-refractivity contribution is 4.84. The monoisotopic (exact) mass is 315 g/mol. The van der Waals surface area contributed by atoms with Crippen LogP contribution in [0.5, 0.6) is 0 Å². The van der Waals surface area contributed by atoms with Crippen molar-refractivity contribution in [3.05, 3.63) is 12.2 Å². The van der Waals surface area contributed by atoms with Crippen molar-refractivity contribution in [2.24, 2.45) is 0 Å². The lowest BCUT2D eigenvalue weighted by molar-refractivity contribution is -0.392. The van der Waals surface area contributed by atoms with Gasteiger partial charge in [0, 0.05) is 6.54 Å². The summed E-state index contributed by atoms with van der Waals surface area (Å²) in [5.41, 5.74) is 0. The molecule has 0 fully saturated rings. The van der Waals surface area contributed by atoms with E-state index in [9.17, 15) is 0 Å². The van der Waals surface area contributed by atoms with Crippen molar-refractivity contribution < 1.29 is 14.2 Å². The lowest BCUT2D eigenvalue weighted by Gasteiger charge is -2.32. The van der Waals surface area contributed by atoms with Crippen LogP contribution in [0.15, 0.2) is 12.2 Å². The van der Waals surface area contributed by atoms with Crippen LogP contribution in [0.3, 0.4) is 0 Å². The molecule has 0 saturated heterocycles. The van der Waals surface area contributed by atoms with Crippen molar-refractivity contribution >= 4 is 0 Å². The third-order valence-electron chi connectivity index (χ3n) is 3.33. The zero-order chi connectivity index (χ0) is 16.5. The molecule has 0 saturated carbocycles. The molecule has 0 aromatic rings. The average molecular weight is 315 g/mol. The molecule has 0 spiro atoms. The van der Waals surface area contributed by atoms with Crippen LogP contribution >= 0.6 is 0 Å². The van der Waals surface area contributed by atoms with E-state index >= 15 is 0 Å². The van der Waals surface area contributed by atoms with Crippen LogP contribution in [-0.4, -0.2) is 32.5 Å². The van der Waals surface area contributed by atoms with Crippen molar-refractivity contribution in [3.63, 3.8) is 0 Å². The van der Waals surface area contributed by atoms with Crippen molar-refractivity contribution in [3.8, 4) is 0 Å². The lowest BCUT2D eigenvalue weighted by Crippen LogP contribution is -2.52. The van der Waals surface area contributed by atoms with E-state index < -0.39 is 6.10 Å². The van der Waals surface area contributed by atoms with Crippen LogP contribution in [0.2, 0.25) is 0 Å². The second-order valence-electron chi connectivity index (χ2n) is 5.26. The normalized spacial score (nSPS) is 12.4. The summed E-state index contributed by atoms with van der Waals surface area (Å²) >= 11 is 0. The number of hydrogen-bond donors (Lipinski definition) is 1. The maximum Gasteiger partial charge on any atom is 0.351 e. The molecule has 0 aliphatic rings. The molecule has 0 unspecified atom stereocenters. The SMILES string of the molecule is CCCCCCCCC=CCNC(OCC)(OCC)OCC. The van der Waals surface area contributed by atoms with Gasteiger partial charge in [-0.1, -0.05) is 51.2 Å². The summed E-state index contributed by atoms with van der Waals surface area (Å²) in [6.07, 6.45) is 12.4. The van der Waals surface area contributed by atoms with Crippen LogP contribution in [0.4, 0.5) is 0 Å². The van der Waals surface area contributed by atoms with Crippen molar-refractivity contribution in [1.82, 2.24) is 5.32 Å². The third kappa shape index (κ3) is 11.2. The molecule has 0 radical (unpaired) electrons. The summed E-state index contributed by atoms with van der Waals surface area (Å²) in [7, 11) is 0. The highest BCUT2D eigenvalue weighted by Crippen LogP contribution is 2.12. The average Bonchev–Trinajstić information content (AvgIpc) is 2.50. The van der Waals surface area contributed by atoms with Crippen molar-refractivity contribution in [1.29, 1.82) is 0 Å². The number of nitrogens with one attached hydrogen (secondary N) is 1. The molecule has 0 aromatic heterocycles. The molecule has 4 heteroatoms. The molecule has 0 bridgehead atoms. The predicted molar refractivity (Wildman–Crippen MR) is 92.7 cm³/mol. The molecule has 1 N–H and O–H groups in total. The van der Waals surface area contributed by atoms with Gasteiger partial charge < -0.3 is 14.2 Å². The topological polar surface area (TPSA) is 39.7 Å². The molecular formula is C18H37NO3. The Kier molecular flexibility index (Phi) is 15.2. The first-order valence-corrected chi connectivity index (χ1v) is 9.06. The third-order valence-corrected chi connectivity index (χ3v) is 3.33. The van der Waals surface area contributed by atoms with Crippen LogP contribution < -0.4 is 5.32 Å². The Balaban J connectivity index is 3.88. The Hall–Kier alpha value is -0.420. The first-order chi connectivity index (χ1) is 10.7. The summed E-state index contributed by atoms with van der Waals surface area (Å²) < 4.78 is 16.8. The largest absolute Gasteiger partial charge is 0.351 e. The van der Waals surface area contributed by atoms with Crippen LogP contribution in [0, 0.1) is 0 Å². The Labute approximate surface area is 137 Å². The fourth-order valence-corrected chi connectivity index (χ4v) is 2.28. The minimum absolute atomic E-state index is 0.536. The van der Waals surface area contributed by atoms with Gasteiger partial charge >= 0.3 is 6.10 Å². The number of ether oxygens (including phenoxy) is 3. The molecule has 4 nitrogen and oxygen atoms in total. The Morgan fingerprint density at radius 2 is 1.27 bits per heavy atom.